The zero-order valence-electron chi connectivity index (χ0n) is 17.1. The zero-order chi connectivity index (χ0) is 20.3. The second-order valence-electron chi connectivity index (χ2n) is 7.98. The van der Waals surface area contributed by atoms with Gasteiger partial charge in [0.2, 0.25) is 17.7 Å². The molecule has 0 saturated carbocycles. The van der Waals surface area contributed by atoms with Crippen LogP contribution in [0, 0.1) is 12.8 Å². The van der Waals surface area contributed by atoms with Crippen LogP contribution in [0.2, 0.25) is 0 Å². The van der Waals surface area contributed by atoms with Crippen molar-refractivity contribution in [2.45, 2.75) is 19.8 Å². The largest absolute Gasteiger partial charge is 0.348 e. The average molecular weight is 386 g/mol. The first kappa shape index (κ1) is 20.3. The summed E-state index contributed by atoms with van der Waals surface area (Å²) in [6, 6.07) is 7.84. The third kappa shape index (κ3) is 4.70. The molecule has 0 N–H and O–H groups in total. The number of rotatable bonds is 4. The number of carbonyl (C=O) groups excluding carboxylic acids is 3. The van der Waals surface area contributed by atoms with Crippen molar-refractivity contribution in [3.63, 3.8) is 0 Å². The summed E-state index contributed by atoms with van der Waals surface area (Å²) >= 11 is 0. The number of hydrogen-bond acceptors (Lipinski definition) is 4. The predicted octanol–water partition coefficient (Wildman–Crippen LogP) is 0.970. The van der Waals surface area contributed by atoms with Gasteiger partial charge in [0.05, 0.1) is 12.5 Å². The van der Waals surface area contributed by atoms with Gasteiger partial charge in [0.25, 0.3) is 0 Å². The van der Waals surface area contributed by atoms with Crippen molar-refractivity contribution in [3.05, 3.63) is 29.8 Å². The molecular weight excluding hydrogens is 356 g/mol. The van der Waals surface area contributed by atoms with Gasteiger partial charge in [-0.15, -0.1) is 0 Å². The van der Waals surface area contributed by atoms with E-state index in [2.05, 4.69) is 4.90 Å². The Hall–Kier alpha value is -2.41. The minimum atomic E-state index is -0.288. The fourth-order valence-electron chi connectivity index (χ4n) is 3.79. The normalized spacial score (nSPS) is 21.0. The minimum absolute atomic E-state index is 0.00947. The highest BCUT2D eigenvalue weighted by Gasteiger charge is 2.37. The molecule has 7 nitrogen and oxygen atoms in total. The molecule has 2 saturated heterocycles. The Kier molecular flexibility index (Phi) is 6.34. The smallest absolute Gasteiger partial charge is 0.236 e. The fraction of sp³-hybridized carbons (Fsp3) is 0.571. The summed E-state index contributed by atoms with van der Waals surface area (Å²) < 4.78 is 0. The maximum absolute atomic E-state index is 13.0. The summed E-state index contributed by atoms with van der Waals surface area (Å²) in [6.07, 6.45) is 1.11. The van der Waals surface area contributed by atoms with Crippen LogP contribution in [0.4, 0.5) is 5.69 Å². The Morgan fingerprint density at radius 3 is 2.46 bits per heavy atom. The number of amides is 3. The van der Waals surface area contributed by atoms with E-state index in [0.717, 1.165) is 24.2 Å². The second kappa shape index (κ2) is 8.73. The molecule has 28 heavy (non-hydrogen) atoms. The van der Waals surface area contributed by atoms with Gasteiger partial charge in [0, 0.05) is 58.9 Å². The third-order valence-corrected chi connectivity index (χ3v) is 5.58. The van der Waals surface area contributed by atoms with Gasteiger partial charge in [0.1, 0.15) is 0 Å². The van der Waals surface area contributed by atoms with Gasteiger partial charge in [-0.2, -0.15) is 0 Å². The molecule has 1 unspecified atom stereocenters. The molecule has 1 aromatic rings. The first-order valence-corrected chi connectivity index (χ1v) is 9.93. The fourth-order valence-corrected chi connectivity index (χ4v) is 3.79. The lowest BCUT2D eigenvalue weighted by Crippen LogP contribution is -2.41. The lowest BCUT2D eigenvalue weighted by Gasteiger charge is -2.25. The highest BCUT2D eigenvalue weighted by molar-refractivity contribution is 6.00. The van der Waals surface area contributed by atoms with Gasteiger partial charge in [0.15, 0.2) is 0 Å². The van der Waals surface area contributed by atoms with E-state index >= 15 is 0 Å². The number of benzene rings is 1. The van der Waals surface area contributed by atoms with Gasteiger partial charge in [-0.3, -0.25) is 19.3 Å². The van der Waals surface area contributed by atoms with Crippen LogP contribution in [0.3, 0.4) is 0 Å². The van der Waals surface area contributed by atoms with E-state index < -0.39 is 0 Å². The first-order valence-electron chi connectivity index (χ1n) is 9.93. The lowest BCUT2D eigenvalue weighted by molar-refractivity contribution is -0.135. The molecule has 7 heteroatoms. The van der Waals surface area contributed by atoms with Gasteiger partial charge >= 0.3 is 0 Å². The molecule has 0 aliphatic carbocycles. The number of aryl methyl sites for hydroxylation is 1. The summed E-state index contributed by atoms with van der Waals surface area (Å²) in [5.41, 5.74) is 2.00. The van der Waals surface area contributed by atoms with E-state index in [4.69, 9.17) is 0 Å². The zero-order valence-corrected chi connectivity index (χ0v) is 17.1. The molecule has 0 aromatic heterocycles. The molecule has 2 aliphatic heterocycles. The molecule has 3 rings (SSSR count). The molecule has 2 aliphatic rings. The van der Waals surface area contributed by atoms with Crippen LogP contribution in [0.5, 0.6) is 0 Å². The molecule has 152 valence electrons. The van der Waals surface area contributed by atoms with Crippen molar-refractivity contribution in [3.8, 4) is 0 Å². The SMILES string of the molecule is Cc1ccc(N2CC(C(=O)N3CCCN(CC(=O)N(C)C)CC3)CC2=O)cc1. The van der Waals surface area contributed by atoms with Crippen LogP contribution in [-0.4, -0.2) is 85.8 Å². The van der Waals surface area contributed by atoms with Crippen LogP contribution in [-0.2, 0) is 14.4 Å². The number of anilines is 1. The molecule has 0 radical (unpaired) electrons. The van der Waals surface area contributed by atoms with E-state index in [-0.39, 0.29) is 30.1 Å². The summed E-state index contributed by atoms with van der Waals surface area (Å²) in [7, 11) is 3.51. The first-order chi connectivity index (χ1) is 13.3. The molecule has 2 fully saturated rings. The predicted molar refractivity (Wildman–Crippen MR) is 108 cm³/mol. The molecule has 3 amide bonds. The third-order valence-electron chi connectivity index (χ3n) is 5.58. The quantitative estimate of drug-likeness (QED) is 0.774. The highest BCUT2D eigenvalue weighted by Crippen LogP contribution is 2.27. The van der Waals surface area contributed by atoms with Gasteiger partial charge in [-0.25, -0.2) is 0 Å². The van der Waals surface area contributed by atoms with E-state index in [1.54, 1.807) is 23.9 Å². The monoisotopic (exact) mass is 386 g/mol. The number of likely N-dealkylation sites (N-methyl/N-ethyl adjacent to an activating group) is 1. The Morgan fingerprint density at radius 2 is 1.79 bits per heavy atom. The summed E-state index contributed by atoms with van der Waals surface area (Å²) in [6.45, 7) is 5.63. The Balaban J connectivity index is 1.57. The Bertz CT molecular complexity index is 732. The van der Waals surface area contributed by atoms with Crippen molar-refractivity contribution in [2.75, 3.05) is 58.3 Å². The van der Waals surface area contributed by atoms with Crippen LogP contribution >= 0.6 is 0 Å². The number of nitrogens with zero attached hydrogens (tertiary/aromatic N) is 4. The maximum atomic E-state index is 13.0. The highest BCUT2D eigenvalue weighted by atomic mass is 16.2. The standard InChI is InChI=1S/C21H30N4O3/c1-16-5-7-18(8-6-16)25-14-17(13-19(25)26)21(28)24-10-4-9-23(11-12-24)15-20(27)22(2)3/h5-8,17H,4,9-15H2,1-3H3. The van der Waals surface area contributed by atoms with Crippen molar-refractivity contribution in [1.82, 2.24) is 14.7 Å². The second-order valence-corrected chi connectivity index (χ2v) is 7.98. The molecule has 1 aromatic carbocycles. The van der Waals surface area contributed by atoms with E-state index in [1.807, 2.05) is 36.1 Å². The minimum Gasteiger partial charge on any atom is -0.348 e. The van der Waals surface area contributed by atoms with Crippen LogP contribution < -0.4 is 4.90 Å². The molecule has 0 spiro atoms. The van der Waals surface area contributed by atoms with E-state index in [1.165, 1.54) is 0 Å². The maximum Gasteiger partial charge on any atom is 0.236 e. The average Bonchev–Trinajstić information content (AvgIpc) is 2.90. The molecular formula is C21H30N4O3. The molecule has 0 bridgehead atoms. The lowest BCUT2D eigenvalue weighted by atomic mass is 10.1. The Labute approximate surface area is 166 Å². The van der Waals surface area contributed by atoms with Crippen molar-refractivity contribution < 1.29 is 14.4 Å². The molecule has 1 atom stereocenters. The van der Waals surface area contributed by atoms with E-state index in [9.17, 15) is 14.4 Å². The topological polar surface area (TPSA) is 64.2 Å². The summed E-state index contributed by atoms with van der Waals surface area (Å²) in [5.74, 6) is -0.141. The van der Waals surface area contributed by atoms with Crippen molar-refractivity contribution in [2.24, 2.45) is 5.92 Å². The molecule has 2 heterocycles. The number of hydrogen-bond donors (Lipinski definition) is 0. The van der Waals surface area contributed by atoms with Crippen molar-refractivity contribution >= 4 is 23.4 Å². The van der Waals surface area contributed by atoms with Crippen LogP contribution in [0.15, 0.2) is 24.3 Å². The van der Waals surface area contributed by atoms with Crippen LogP contribution in [0.1, 0.15) is 18.4 Å². The van der Waals surface area contributed by atoms with E-state index in [0.29, 0.717) is 32.7 Å². The van der Waals surface area contributed by atoms with Gasteiger partial charge in [-0.1, -0.05) is 17.7 Å². The van der Waals surface area contributed by atoms with Gasteiger partial charge < -0.3 is 14.7 Å². The summed E-state index contributed by atoms with van der Waals surface area (Å²) in [4.78, 5) is 44.7. The van der Waals surface area contributed by atoms with Crippen LogP contribution in [0.25, 0.3) is 0 Å². The van der Waals surface area contributed by atoms with Crippen molar-refractivity contribution in [1.29, 1.82) is 0 Å². The van der Waals surface area contributed by atoms with Gasteiger partial charge in [-0.05, 0) is 25.5 Å². The summed E-state index contributed by atoms with van der Waals surface area (Å²) in [5, 5.41) is 0. The number of carbonyl (C=O) groups is 3. The Morgan fingerprint density at radius 1 is 1.07 bits per heavy atom.